The molecule has 2 aromatic carbocycles. The molecule has 2 aromatic rings. The van der Waals surface area contributed by atoms with Crippen LogP contribution in [0.15, 0.2) is 41.8 Å². The number of methoxy groups -OCH3 is 4. The van der Waals surface area contributed by atoms with E-state index >= 15 is 0 Å². The molecule has 0 fully saturated rings. The summed E-state index contributed by atoms with van der Waals surface area (Å²) in [6.07, 6.45) is 1.34. The van der Waals surface area contributed by atoms with Crippen LogP contribution >= 0.6 is 0 Å². The van der Waals surface area contributed by atoms with Gasteiger partial charge in [-0.05, 0) is 23.8 Å². The summed E-state index contributed by atoms with van der Waals surface area (Å²) in [5.74, 6) is 0.537. The van der Waals surface area contributed by atoms with Gasteiger partial charge in [0.05, 0.1) is 40.5 Å². The Bertz CT molecular complexity index is 1010. The van der Waals surface area contributed by atoms with E-state index in [4.69, 9.17) is 24.1 Å². The van der Waals surface area contributed by atoms with Crippen LogP contribution in [0, 0.1) is 0 Å². The number of aliphatic carboxylic acids is 1. The molecule has 31 heavy (non-hydrogen) atoms. The first-order valence-electron chi connectivity index (χ1n) is 9.06. The Morgan fingerprint density at radius 1 is 0.968 bits per heavy atom. The first kappa shape index (κ1) is 24.0. The molecule has 1 atom stereocenters. The molecule has 2 N–H and O–H groups in total. The van der Waals surface area contributed by atoms with Crippen LogP contribution < -0.4 is 24.3 Å². The van der Waals surface area contributed by atoms with Crippen molar-refractivity contribution in [1.82, 2.24) is 5.32 Å². The van der Waals surface area contributed by atoms with Crippen molar-refractivity contribution >= 4 is 21.9 Å². The standard InChI is InChI=1S/C21H25NO8S/c1-27-15-7-5-14(6-8-15)21(22-13-20(23)24)31(25,26)10-9-17-18(29-3)11-16(28-2)12-19(17)30-4/h5-12,21-22H,13H2,1-4H3,(H,23,24)/b10-9+. The highest BCUT2D eigenvalue weighted by molar-refractivity contribution is 7.94. The molecule has 0 amide bonds. The predicted molar refractivity (Wildman–Crippen MR) is 115 cm³/mol. The molecule has 1 unspecified atom stereocenters. The molecule has 0 aliphatic rings. The van der Waals surface area contributed by atoms with Gasteiger partial charge in [0, 0.05) is 17.5 Å². The maximum absolute atomic E-state index is 13.1. The molecule has 2 rings (SSSR count). The number of hydrogen-bond donors (Lipinski definition) is 2. The van der Waals surface area contributed by atoms with Crippen LogP contribution in [0.4, 0.5) is 0 Å². The lowest BCUT2D eigenvalue weighted by Gasteiger charge is -2.17. The fourth-order valence-electron chi connectivity index (χ4n) is 2.82. The number of nitrogens with one attached hydrogen (secondary N) is 1. The highest BCUT2D eigenvalue weighted by atomic mass is 32.2. The van der Waals surface area contributed by atoms with Gasteiger partial charge in [0.25, 0.3) is 0 Å². The SMILES string of the molecule is COc1ccc(C(NCC(=O)O)S(=O)(=O)/C=C/c2c(OC)cc(OC)cc2OC)cc1. The smallest absolute Gasteiger partial charge is 0.317 e. The summed E-state index contributed by atoms with van der Waals surface area (Å²) in [5, 5.41) is 11.3. The number of sulfone groups is 1. The van der Waals surface area contributed by atoms with Crippen molar-refractivity contribution in [3.8, 4) is 23.0 Å². The summed E-state index contributed by atoms with van der Waals surface area (Å²) >= 11 is 0. The number of carbonyl (C=O) groups is 1. The summed E-state index contributed by atoms with van der Waals surface area (Å²) in [5.41, 5.74) is 0.751. The van der Waals surface area contributed by atoms with Crippen LogP contribution in [0.25, 0.3) is 6.08 Å². The van der Waals surface area contributed by atoms with Gasteiger partial charge in [0.1, 0.15) is 28.4 Å². The third kappa shape index (κ3) is 6.12. The number of ether oxygens (including phenoxy) is 4. The average Bonchev–Trinajstić information content (AvgIpc) is 2.77. The van der Waals surface area contributed by atoms with Crippen LogP contribution in [0.1, 0.15) is 16.5 Å². The Morgan fingerprint density at radius 3 is 1.97 bits per heavy atom. The van der Waals surface area contributed by atoms with E-state index in [9.17, 15) is 13.2 Å². The summed E-state index contributed by atoms with van der Waals surface area (Å²) in [6.45, 7) is -0.543. The van der Waals surface area contributed by atoms with Crippen molar-refractivity contribution in [3.63, 3.8) is 0 Å². The molecule has 0 aromatic heterocycles. The molecule has 10 heteroatoms. The van der Waals surface area contributed by atoms with Gasteiger partial charge >= 0.3 is 5.97 Å². The zero-order chi connectivity index (χ0) is 23.0. The second-order valence-electron chi connectivity index (χ2n) is 6.27. The number of rotatable bonds is 11. The molecule has 0 saturated carbocycles. The minimum absolute atomic E-state index is 0.349. The Kier molecular flexibility index (Phi) is 8.29. The minimum atomic E-state index is -3.99. The first-order valence-corrected chi connectivity index (χ1v) is 10.7. The van der Waals surface area contributed by atoms with Gasteiger partial charge in [0.15, 0.2) is 9.84 Å². The van der Waals surface area contributed by atoms with Crippen LogP contribution in [-0.2, 0) is 14.6 Å². The highest BCUT2D eigenvalue weighted by Gasteiger charge is 2.26. The second kappa shape index (κ2) is 10.7. The number of carboxylic acids is 1. The van der Waals surface area contributed by atoms with E-state index < -0.39 is 27.7 Å². The Hall–Kier alpha value is -3.24. The monoisotopic (exact) mass is 451 g/mol. The molecule has 0 radical (unpaired) electrons. The number of hydrogen-bond acceptors (Lipinski definition) is 8. The molecular weight excluding hydrogens is 426 g/mol. The summed E-state index contributed by atoms with van der Waals surface area (Å²) in [4.78, 5) is 11.0. The van der Waals surface area contributed by atoms with Crippen molar-refractivity contribution in [1.29, 1.82) is 0 Å². The van der Waals surface area contributed by atoms with Gasteiger partial charge in [-0.3, -0.25) is 10.1 Å². The van der Waals surface area contributed by atoms with Crippen molar-refractivity contribution < 1.29 is 37.3 Å². The molecule has 0 bridgehead atoms. The molecular formula is C21H25NO8S. The van der Waals surface area contributed by atoms with E-state index in [2.05, 4.69) is 5.32 Å². The normalized spacial score (nSPS) is 12.4. The maximum atomic E-state index is 13.1. The van der Waals surface area contributed by atoms with Crippen molar-refractivity contribution in [2.75, 3.05) is 35.0 Å². The van der Waals surface area contributed by atoms with E-state index in [1.807, 2.05) is 0 Å². The Morgan fingerprint density at radius 2 is 1.52 bits per heavy atom. The molecule has 0 spiro atoms. The summed E-state index contributed by atoms with van der Waals surface area (Å²) < 4.78 is 47.2. The third-order valence-corrected chi connectivity index (χ3v) is 5.97. The van der Waals surface area contributed by atoms with Gasteiger partial charge in [-0.25, -0.2) is 8.42 Å². The Balaban J connectivity index is 2.47. The van der Waals surface area contributed by atoms with Gasteiger partial charge in [0.2, 0.25) is 0 Å². The summed E-state index contributed by atoms with van der Waals surface area (Å²) in [7, 11) is 1.86. The molecule has 0 aliphatic heterocycles. The van der Waals surface area contributed by atoms with Gasteiger partial charge in [-0.2, -0.15) is 0 Å². The predicted octanol–water partition coefficient (Wildman–Crippen LogP) is 2.48. The van der Waals surface area contributed by atoms with Crippen LogP contribution in [-0.4, -0.2) is 54.5 Å². The van der Waals surface area contributed by atoms with E-state index in [1.54, 1.807) is 36.4 Å². The Labute approximate surface area is 181 Å². The van der Waals surface area contributed by atoms with E-state index in [0.29, 0.717) is 34.1 Å². The van der Waals surface area contributed by atoms with Gasteiger partial charge in [-0.15, -0.1) is 0 Å². The van der Waals surface area contributed by atoms with Crippen molar-refractivity contribution in [3.05, 3.63) is 52.9 Å². The van der Waals surface area contributed by atoms with E-state index in [0.717, 1.165) is 5.41 Å². The molecule has 0 heterocycles. The van der Waals surface area contributed by atoms with Crippen LogP contribution in [0.3, 0.4) is 0 Å². The van der Waals surface area contributed by atoms with E-state index in [-0.39, 0.29) is 0 Å². The molecule has 0 aliphatic carbocycles. The first-order chi connectivity index (χ1) is 14.7. The van der Waals surface area contributed by atoms with Crippen LogP contribution in [0.2, 0.25) is 0 Å². The fraction of sp³-hybridized carbons (Fsp3) is 0.286. The van der Waals surface area contributed by atoms with Crippen molar-refractivity contribution in [2.24, 2.45) is 0 Å². The maximum Gasteiger partial charge on any atom is 0.317 e. The lowest BCUT2D eigenvalue weighted by molar-refractivity contribution is -0.136. The molecule has 168 valence electrons. The summed E-state index contributed by atoms with van der Waals surface area (Å²) in [6, 6.07) is 9.49. The fourth-order valence-corrected chi connectivity index (χ4v) is 4.16. The lowest BCUT2D eigenvalue weighted by atomic mass is 10.1. The van der Waals surface area contributed by atoms with Gasteiger partial charge < -0.3 is 24.1 Å². The molecule has 9 nitrogen and oxygen atoms in total. The zero-order valence-corrected chi connectivity index (χ0v) is 18.4. The number of carboxylic acid groups (broad SMARTS) is 1. The van der Waals surface area contributed by atoms with Crippen molar-refractivity contribution in [2.45, 2.75) is 5.37 Å². The quantitative estimate of drug-likeness (QED) is 0.531. The zero-order valence-electron chi connectivity index (χ0n) is 17.6. The van der Waals surface area contributed by atoms with Gasteiger partial charge in [-0.1, -0.05) is 12.1 Å². The average molecular weight is 451 g/mol. The minimum Gasteiger partial charge on any atom is -0.497 e. The molecule has 0 saturated heterocycles. The lowest BCUT2D eigenvalue weighted by Crippen LogP contribution is -2.32. The van der Waals surface area contributed by atoms with Crippen LogP contribution in [0.5, 0.6) is 23.0 Å². The van der Waals surface area contributed by atoms with E-state index in [1.165, 1.54) is 34.5 Å². The topological polar surface area (TPSA) is 120 Å². The number of benzene rings is 2. The third-order valence-electron chi connectivity index (χ3n) is 4.36. The second-order valence-corrected chi connectivity index (χ2v) is 8.19. The largest absolute Gasteiger partial charge is 0.497 e. The highest BCUT2D eigenvalue weighted by Crippen LogP contribution is 2.35.